The van der Waals surface area contributed by atoms with E-state index in [1.807, 2.05) is 0 Å². The maximum absolute atomic E-state index is 3.59. The van der Waals surface area contributed by atoms with Gasteiger partial charge in [0, 0.05) is 6.04 Å². The molecule has 2 aliphatic rings. The average molecular weight is 286 g/mol. The molecular weight excluding hydrogens is 256 g/mol. The second-order valence-electron chi connectivity index (χ2n) is 6.79. The van der Waals surface area contributed by atoms with Crippen molar-refractivity contribution in [2.45, 2.75) is 51.0 Å². The Balaban J connectivity index is 1.39. The van der Waals surface area contributed by atoms with E-state index in [1.165, 1.54) is 76.7 Å². The van der Waals surface area contributed by atoms with Crippen molar-refractivity contribution in [2.24, 2.45) is 5.92 Å². The van der Waals surface area contributed by atoms with Crippen molar-refractivity contribution >= 4 is 0 Å². The Labute approximate surface area is 129 Å². The highest BCUT2D eigenvalue weighted by Gasteiger charge is 2.31. The summed E-state index contributed by atoms with van der Waals surface area (Å²) < 4.78 is 0. The van der Waals surface area contributed by atoms with Gasteiger partial charge in [0.15, 0.2) is 0 Å². The third-order valence-corrected chi connectivity index (χ3v) is 5.30. The molecule has 3 rings (SSSR count). The molecule has 0 aliphatic carbocycles. The summed E-state index contributed by atoms with van der Waals surface area (Å²) in [5.41, 5.74) is 1.49. The summed E-state index contributed by atoms with van der Waals surface area (Å²) in [6.45, 7) is 5.14. The molecular formula is C19H30N2. The topological polar surface area (TPSA) is 15.3 Å². The molecule has 0 amide bonds. The normalized spacial score (nSPS) is 27.0. The van der Waals surface area contributed by atoms with E-state index >= 15 is 0 Å². The molecule has 1 aromatic rings. The number of likely N-dealkylation sites (tertiary alicyclic amines) is 1. The molecule has 2 heteroatoms. The molecule has 1 aromatic carbocycles. The molecule has 2 nitrogen and oxygen atoms in total. The second kappa shape index (κ2) is 7.95. The first-order valence-corrected chi connectivity index (χ1v) is 8.92. The molecule has 2 saturated heterocycles. The van der Waals surface area contributed by atoms with Crippen molar-refractivity contribution in [1.29, 1.82) is 0 Å². The van der Waals surface area contributed by atoms with Crippen LogP contribution in [0.5, 0.6) is 0 Å². The molecule has 0 aromatic heterocycles. The number of hydrogen-bond acceptors (Lipinski definition) is 2. The number of nitrogens with one attached hydrogen (secondary N) is 1. The average Bonchev–Trinajstić information content (AvgIpc) is 3.02. The number of benzene rings is 1. The second-order valence-corrected chi connectivity index (χ2v) is 6.79. The van der Waals surface area contributed by atoms with E-state index in [0.717, 1.165) is 12.0 Å². The molecule has 0 spiro atoms. The lowest BCUT2D eigenvalue weighted by molar-refractivity contribution is 0.163. The van der Waals surface area contributed by atoms with Gasteiger partial charge in [-0.3, -0.25) is 0 Å². The number of piperidine rings is 1. The van der Waals surface area contributed by atoms with Crippen LogP contribution in [0, 0.1) is 5.92 Å². The van der Waals surface area contributed by atoms with Gasteiger partial charge in [0.2, 0.25) is 0 Å². The lowest BCUT2D eigenvalue weighted by atomic mass is 9.90. The Kier molecular flexibility index (Phi) is 5.70. The SMILES string of the molecule is c1ccc(CCCCN2CCCC2C2CCCNC2)cc1. The molecule has 2 aliphatic heterocycles. The zero-order valence-corrected chi connectivity index (χ0v) is 13.3. The van der Waals surface area contributed by atoms with Gasteiger partial charge in [0.05, 0.1) is 0 Å². The summed E-state index contributed by atoms with van der Waals surface area (Å²) in [5, 5.41) is 3.59. The summed E-state index contributed by atoms with van der Waals surface area (Å²) in [5.74, 6) is 0.912. The van der Waals surface area contributed by atoms with Crippen LogP contribution in [0.25, 0.3) is 0 Å². The minimum absolute atomic E-state index is 0.870. The van der Waals surface area contributed by atoms with E-state index in [2.05, 4.69) is 40.5 Å². The maximum Gasteiger partial charge on any atom is 0.0136 e. The number of rotatable bonds is 6. The first kappa shape index (κ1) is 15.1. The highest BCUT2D eigenvalue weighted by atomic mass is 15.2. The molecule has 116 valence electrons. The molecule has 2 heterocycles. The van der Waals surface area contributed by atoms with Crippen molar-refractivity contribution in [1.82, 2.24) is 10.2 Å². The van der Waals surface area contributed by atoms with E-state index < -0.39 is 0 Å². The van der Waals surface area contributed by atoms with Gasteiger partial charge in [0.1, 0.15) is 0 Å². The minimum Gasteiger partial charge on any atom is -0.316 e. The first-order chi connectivity index (χ1) is 10.4. The van der Waals surface area contributed by atoms with Gasteiger partial charge < -0.3 is 10.2 Å². The van der Waals surface area contributed by atoms with Crippen LogP contribution in [0.1, 0.15) is 44.1 Å². The largest absolute Gasteiger partial charge is 0.316 e. The van der Waals surface area contributed by atoms with Crippen LogP contribution < -0.4 is 5.32 Å². The van der Waals surface area contributed by atoms with Gasteiger partial charge in [-0.25, -0.2) is 0 Å². The third kappa shape index (κ3) is 4.31. The van der Waals surface area contributed by atoms with Crippen molar-refractivity contribution in [3.8, 4) is 0 Å². The van der Waals surface area contributed by atoms with Crippen LogP contribution in [-0.4, -0.2) is 37.1 Å². The highest BCUT2D eigenvalue weighted by molar-refractivity contribution is 5.14. The van der Waals surface area contributed by atoms with E-state index in [0.29, 0.717) is 0 Å². The van der Waals surface area contributed by atoms with Crippen molar-refractivity contribution in [3.63, 3.8) is 0 Å². The fourth-order valence-corrected chi connectivity index (χ4v) is 4.16. The summed E-state index contributed by atoms with van der Waals surface area (Å²) in [6, 6.07) is 11.8. The van der Waals surface area contributed by atoms with Crippen LogP contribution >= 0.6 is 0 Å². The summed E-state index contributed by atoms with van der Waals surface area (Å²) in [7, 11) is 0. The number of unbranched alkanes of at least 4 members (excludes halogenated alkanes) is 1. The van der Waals surface area contributed by atoms with Crippen LogP contribution in [0.3, 0.4) is 0 Å². The van der Waals surface area contributed by atoms with E-state index in [9.17, 15) is 0 Å². The molecule has 0 radical (unpaired) electrons. The zero-order chi connectivity index (χ0) is 14.3. The lowest BCUT2D eigenvalue weighted by Crippen LogP contribution is -2.43. The Hall–Kier alpha value is -0.860. The molecule has 0 saturated carbocycles. The van der Waals surface area contributed by atoms with Crippen LogP contribution in [-0.2, 0) is 6.42 Å². The Morgan fingerprint density at radius 1 is 1.05 bits per heavy atom. The third-order valence-electron chi connectivity index (χ3n) is 5.30. The molecule has 2 unspecified atom stereocenters. The zero-order valence-electron chi connectivity index (χ0n) is 13.3. The molecule has 21 heavy (non-hydrogen) atoms. The highest BCUT2D eigenvalue weighted by Crippen LogP contribution is 2.28. The summed E-state index contributed by atoms with van der Waals surface area (Å²) in [6.07, 6.45) is 9.60. The van der Waals surface area contributed by atoms with Crippen molar-refractivity contribution in [3.05, 3.63) is 35.9 Å². The van der Waals surface area contributed by atoms with Gasteiger partial charge in [-0.1, -0.05) is 30.3 Å². The fraction of sp³-hybridized carbons (Fsp3) is 0.684. The predicted molar refractivity (Wildman–Crippen MR) is 89.6 cm³/mol. The van der Waals surface area contributed by atoms with Gasteiger partial charge in [-0.05, 0) is 82.6 Å². The molecule has 2 atom stereocenters. The van der Waals surface area contributed by atoms with E-state index in [1.54, 1.807) is 0 Å². The predicted octanol–water partition coefficient (Wildman–Crippen LogP) is 3.47. The maximum atomic E-state index is 3.59. The van der Waals surface area contributed by atoms with E-state index in [4.69, 9.17) is 0 Å². The van der Waals surface area contributed by atoms with Crippen LogP contribution in [0.15, 0.2) is 30.3 Å². The lowest BCUT2D eigenvalue weighted by Gasteiger charge is -2.34. The minimum atomic E-state index is 0.870. The number of hydrogen-bond donors (Lipinski definition) is 1. The smallest absolute Gasteiger partial charge is 0.0136 e. The Bertz CT molecular complexity index is 397. The van der Waals surface area contributed by atoms with Crippen molar-refractivity contribution in [2.75, 3.05) is 26.2 Å². The monoisotopic (exact) mass is 286 g/mol. The van der Waals surface area contributed by atoms with Crippen LogP contribution in [0.4, 0.5) is 0 Å². The number of aryl methyl sites for hydroxylation is 1. The number of nitrogens with zero attached hydrogens (tertiary/aromatic N) is 1. The molecule has 0 bridgehead atoms. The van der Waals surface area contributed by atoms with Gasteiger partial charge in [0.25, 0.3) is 0 Å². The molecule has 2 fully saturated rings. The standard InChI is InChI=1S/C19H30N2/c1-2-8-17(9-3-1)10-4-5-14-21-15-7-12-19(21)18-11-6-13-20-16-18/h1-3,8-9,18-20H,4-7,10-16H2. The van der Waals surface area contributed by atoms with Gasteiger partial charge in [-0.15, -0.1) is 0 Å². The summed E-state index contributed by atoms with van der Waals surface area (Å²) >= 11 is 0. The quantitative estimate of drug-likeness (QED) is 0.806. The van der Waals surface area contributed by atoms with Crippen LogP contribution in [0.2, 0.25) is 0 Å². The molecule has 1 N–H and O–H groups in total. The van der Waals surface area contributed by atoms with Gasteiger partial charge >= 0.3 is 0 Å². The van der Waals surface area contributed by atoms with Gasteiger partial charge in [-0.2, -0.15) is 0 Å². The van der Waals surface area contributed by atoms with E-state index in [-0.39, 0.29) is 0 Å². The Morgan fingerprint density at radius 2 is 1.95 bits per heavy atom. The Morgan fingerprint density at radius 3 is 2.76 bits per heavy atom. The summed E-state index contributed by atoms with van der Waals surface area (Å²) in [4.78, 5) is 2.79. The van der Waals surface area contributed by atoms with Crippen molar-refractivity contribution < 1.29 is 0 Å². The first-order valence-electron chi connectivity index (χ1n) is 8.92. The fourth-order valence-electron chi connectivity index (χ4n) is 4.16.